The summed E-state index contributed by atoms with van der Waals surface area (Å²) in [6.45, 7) is 3.51. The number of Topliss-reactive ketones (excluding diaryl/α,β-unsaturated/α-hetero) is 1. The number of carbonyl (C=O) groups is 2. The van der Waals surface area contributed by atoms with E-state index in [0.29, 0.717) is 10.7 Å². The van der Waals surface area contributed by atoms with E-state index >= 15 is 0 Å². The van der Waals surface area contributed by atoms with E-state index in [2.05, 4.69) is 16.0 Å². The average Bonchev–Trinajstić information content (AvgIpc) is 2.89. The van der Waals surface area contributed by atoms with Gasteiger partial charge in [0.05, 0.1) is 0 Å². The van der Waals surface area contributed by atoms with Crippen LogP contribution in [0.25, 0.3) is 0 Å². The summed E-state index contributed by atoms with van der Waals surface area (Å²) in [5.74, 6) is -0.0713. The second kappa shape index (κ2) is 12.3. The Morgan fingerprint density at radius 1 is 0.757 bits per heavy atom. The maximum atomic E-state index is 13.4. The van der Waals surface area contributed by atoms with Gasteiger partial charge in [0.25, 0.3) is 0 Å². The number of hydrogen-bond acceptors (Lipinski definition) is 4. The molecule has 0 spiro atoms. The van der Waals surface area contributed by atoms with E-state index < -0.39 is 5.25 Å². The molecule has 0 aromatic heterocycles. The highest BCUT2D eigenvalue weighted by Crippen LogP contribution is 2.37. The molecule has 0 saturated carbocycles. The van der Waals surface area contributed by atoms with Gasteiger partial charge in [-0.3, -0.25) is 9.59 Å². The summed E-state index contributed by atoms with van der Waals surface area (Å²) in [5, 5.41) is 9.40. The first-order chi connectivity index (χ1) is 17.9. The minimum atomic E-state index is -0.444. The number of amides is 1. The lowest BCUT2D eigenvalue weighted by molar-refractivity contribution is -0.115. The average molecular weight is 526 g/mol. The Bertz CT molecular complexity index is 1410. The molecule has 186 valence electrons. The molecule has 0 aliphatic heterocycles. The topological polar surface area (TPSA) is 70.2 Å². The molecule has 3 N–H and O–H groups in total. The van der Waals surface area contributed by atoms with Gasteiger partial charge in [-0.1, -0.05) is 54.6 Å². The summed E-state index contributed by atoms with van der Waals surface area (Å²) < 4.78 is 0. The molecule has 0 saturated heterocycles. The summed E-state index contributed by atoms with van der Waals surface area (Å²) >= 11 is 6.95. The zero-order valence-electron chi connectivity index (χ0n) is 20.5. The smallest absolute Gasteiger partial charge is 0.242 e. The third kappa shape index (κ3) is 7.29. The number of aryl methyl sites for hydroxylation is 1. The van der Waals surface area contributed by atoms with Crippen molar-refractivity contribution in [2.75, 3.05) is 16.0 Å². The van der Waals surface area contributed by atoms with E-state index in [1.54, 1.807) is 12.1 Å². The number of thiocarbonyl (C=S) groups is 1. The van der Waals surface area contributed by atoms with E-state index in [1.807, 2.05) is 97.9 Å². The molecule has 4 aromatic carbocycles. The molecule has 37 heavy (non-hydrogen) atoms. The van der Waals surface area contributed by atoms with Crippen LogP contribution in [0.3, 0.4) is 0 Å². The minimum Gasteiger partial charge on any atom is -0.332 e. The first-order valence-corrected chi connectivity index (χ1v) is 13.0. The predicted molar refractivity (Wildman–Crippen MR) is 158 cm³/mol. The Morgan fingerprint density at radius 3 is 2.14 bits per heavy atom. The van der Waals surface area contributed by atoms with Gasteiger partial charge in [-0.05, 0) is 85.7 Å². The van der Waals surface area contributed by atoms with Crippen LogP contribution in [-0.4, -0.2) is 16.8 Å². The van der Waals surface area contributed by atoms with Crippen molar-refractivity contribution in [2.24, 2.45) is 0 Å². The number of rotatable bonds is 8. The van der Waals surface area contributed by atoms with E-state index in [-0.39, 0.29) is 11.7 Å². The molecular formula is C30H27N3O2S2. The van der Waals surface area contributed by atoms with Crippen molar-refractivity contribution in [1.82, 2.24) is 0 Å². The van der Waals surface area contributed by atoms with Crippen LogP contribution in [0.1, 0.15) is 33.7 Å². The summed E-state index contributed by atoms with van der Waals surface area (Å²) in [6.07, 6.45) is 0. The maximum absolute atomic E-state index is 13.4. The Kier molecular flexibility index (Phi) is 8.72. The van der Waals surface area contributed by atoms with Crippen molar-refractivity contribution >= 4 is 57.8 Å². The van der Waals surface area contributed by atoms with Gasteiger partial charge in [-0.25, -0.2) is 0 Å². The molecule has 1 atom stereocenters. The van der Waals surface area contributed by atoms with E-state index in [0.717, 1.165) is 33.1 Å². The summed E-state index contributed by atoms with van der Waals surface area (Å²) in [4.78, 5) is 25.8. The third-order valence-electron chi connectivity index (χ3n) is 5.64. The van der Waals surface area contributed by atoms with Crippen LogP contribution in [0, 0.1) is 6.92 Å². The number of benzene rings is 4. The Morgan fingerprint density at radius 2 is 1.43 bits per heavy atom. The lowest BCUT2D eigenvalue weighted by Crippen LogP contribution is -2.20. The first-order valence-electron chi connectivity index (χ1n) is 11.8. The van der Waals surface area contributed by atoms with Crippen molar-refractivity contribution in [2.45, 2.75) is 24.0 Å². The van der Waals surface area contributed by atoms with Crippen LogP contribution < -0.4 is 16.0 Å². The molecule has 0 aliphatic carbocycles. The van der Waals surface area contributed by atoms with E-state index in [9.17, 15) is 9.59 Å². The van der Waals surface area contributed by atoms with Crippen LogP contribution in [0.2, 0.25) is 0 Å². The second-order valence-corrected chi connectivity index (χ2v) is 10.0. The molecule has 0 heterocycles. The summed E-state index contributed by atoms with van der Waals surface area (Å²) in [5.41, 5.74) is 4.96. The molecule has 0 aliphatic rings. The highest BCUT2D eigenvalue weighted by molar-refractivity contribution is 8.00. The normalized spacial score (nSPS) is 11.3. The number of ketones is 1. The fraction of sp³-hybridized carbons (Fsp3) is 0.100. The Balaban J connectivity index is 1.47. The van der Waals surface area contributed by atoms with Gasteiger partial charge < -0.3 is 16.0 Å². The second-order valence-electron chi connectivity index (χ2n) is 8.45. The first kappa shape index (κ1) is 26.1. The van der Waals surface area contributed by atoms with Gasteiger partial charge in [-0.2, -0.15) is 0 Å². The van der Waals surface area contributed by atoms with Gasteiger partial charge in [0, 0.05) is 27.5 Å². The maximum Gasteiger partial charge on any atom is 0.242 e. The molecule has 5 nitrogen and oxygen atoms in total. The molecule has 1 amide bonds. The van der Waals surface area contributed by atoms with Gasteiger partial charge in [0.1, 0.15) is 5.25 Å². The highest BCUT2D eigenvalue weighted by atomic mass is 32.2. The van der Waals surface area contributed by atoms with Crippen LogP contribution in [0.5, 0.6) is 0 Å². The van der Waals surface area contributed by atoms with Gasteiger partial charge >= 0.3 is 0 Å². The zero-order valence-corrected chi connectivity index (χ0v) is 22.2. The van der Waals surface area contributed by atoms with Crippen LogP contribution in [-0.2, 0) is 4.79 Å². The van der Waals surface area contributed by atoms with Crippen molar-refractivity contribution in [1.29, 1.82) is 0 Å². The SMILES string of the molecule is CC(=O)c1ccc(NC(=S)Nc2cccc(SC(C(=O)Nc3ccccc3C)c3ccccc3)c2)cc1. The highest BCUT2D eigenvalue weighted by Gasteiger charge is 2.23. The molecule has 0 fully saturated rings. The van der Waals surface area contributed by atoms with Gasteiger partial charge in [-0.15, -0.1) is 11.8 Å². The van der Waals surface area contributed by atoms with Gasteiger partial charge in [0.15, 0.2) is 10.9 Å². The predicted octanol–water partition coefficient (Wildman–Crippen LogP) is 7.48. The quantitative estimate of drug-likeness (QED) is 0.126. The zero-order chi connectivity index (χ0) is 26.2. The van der Waals surface area contributed by atoms with Crippen molar-refractivity contribution in [3.63, 3.8) is 0 Å². The minimum absolute atomic E-state index is 0.0166. The monoisotopic (exact) mass is 525 g/mol. The van der Waals surface area contributed by atoms with E-state index in [4.69, 9.17) is 12.2 Å². The fourth-order valence-corrected chi connectivity index (χ4v) is 5.00. The molecule has 1 unspecified atom stereocenters. The Labute approximate surface area is 226 Å². The molecule has 7 heteroatoms. The molecule has 0 bridgehead atoms. The van der Waals surface area contributed by atoms with E-state index in [1.165, 1.54) is 18.7 Å². The lowest BCUT2D eigenvalue weighted by atomic mass is 10.1. The number of para-hydroxylation sites is 1. The van der Waals surface area contributed by atoms with Crippen LogP contribution in [0.4, 0.5) is 17.1 Å². The number of nitrogens with one attached hydrogen (secondary N) is 3. The van der Waals surface area contributed by atoms with Crippen LogP contribution >= 0.6 is 24.0 Å². The fourth-order valence-electron chi connectivity index (χ4n) is 3.68. The number of carbonyl (C=O) groups excluding carboxylic acids is 2. The molecule has 4 aromatic rings. The lowest BCUT2D eigenvalue weighted by Gasteiger charge is -2.18. The van der Waals surface area contributed by atoms with Crippen molar-refractivity contribution < 1.29 is 9.59 Å². The molecule has 4 rings (SSSR count). The van der Waals surface area contributed by atoms with Crippen molar-refractivity contribution in [3.05, 3.63) is 120 Å². The third-order valence-corrected chi connectivity index (χ3v) is 7.09. The summed E-state index contributed by atoms with van der Waals surface area (Å²) in [6, 6.07) is 32.4. The van der Waals surface area contributed by atoms with Gasteiger partial charge in [0.2, 0.25) is 5.91 Å². The standard InChI is InChI=1S/C30H27N3O2S2/c1-20-9-6-7-14-27(20)33-29(35)28(23-10-4-3-5-11-23)37-26-13-8-12-25(19-26)32-30(36)31-24-17-15-22(16-18-24)21(2)34/h3-19,28H,1-2H3,(H,33,35)(H2,31,32,36). The Hall–Kier alpha value is -3.94. The molecular weight excluding hydrogens is 498 g/mol. The largest absolute Gasteiger partial charge is 0.332 e. The van der Waals surface area contributed by atoms with Crippen LogP contribution in [0.15, 0.2) is 108 Å². The number of hydrogen-bond donors (Lipinski definition) is 3. The number of anilines is 3. The van der Waals surface area contributed by atoms with Crippen molar-refractivity contribution in [3.8, 4) is 0 Å². The number of thioether (sulfide) groups is 1. The molecule has 0 radical (unpaired) electrons. The summed E-state index contributed by atoms with van der Waals surface area (Å²) in [7, 11) is 0.